The van der Waals surface area contributed by atoms with Crippen LogP contribution in [0.4, 0.5) is 0 Å². The zero-order valence-corrected chi connectivity index (χ0v) is 8.36. The van der Waals surface area contributed by atoms with Crippen LogP contribution < -0.4 is 0 Å². The zero-order chi connectivity index (χ0) is 8.97. The first-order valence-electron chi connectivity index (χ1n) is 4.35. The van der Waals surface area contributed by atoms with Gasteiger partial charge in [-0.25, -0.2) is 0 Å². The van der Waals surface area contributed by atoms with Crippen molar-refractivity contribution in [3.05, 3.63) is 10.7 Å². The monoisotopic (exact) mass is 186 g/mol. The number of nitrogens with zero attached hydrogens (tertiary/aromatic N) is 2. The van der Waals surface area contributed by atoms with E-state index in [1.165, 1.54) is 0 Å². The Bertz CT molecular complexity index is 289. The van der Waals surface area contributed by atoms with Gasteiger partial charge in [0.25, 0.3) is 4.84 Å². The lowest BCUT2D eigenvalue weighted by Gasteiger charge is -2.00. The maximum Gasteiger partial charge on any atom is 0.297 e. The molecule has 0 aliphatic heterocycles. The van der Waals surface area contributed by atoms with Crippen molar-refractivity contribution >= 4 is 12.2 Å². The van der Waals surface area contributed by atoms with Crippen LogP contribution in [0.15, 0.2) is 4.52 Å². The van der Waals surface area contributed by atoms with Gasteiger partial charge >= 0.3 is 0 Å². The number of rotatable bonds is 4. The maximum absolute atomic E-state index is 4.99. The lowest BCUT2D eigenvalue weighted by molar-refractivity contribution is 0.392. The second-order valence-corrected chi connectivity index (χ2v) is 3.07. The third-order valence-corrected chi connectivity index (χ3v) is 2.11. The summed E-state index contributed by atoms with van der Waals surface area (Å²) in [7, 11) is 0. The van der Waals surface area contributed by atoms with Gasteiger partial charge in [0.05, 0.1) is 0 Å². The van der Waals surface area contributed by atoms with Crippen molar-refractivity contribution in [2.75, 3.05) is 0 Å². The summed E-state index contributed by atoms with van der Waals surface area (Å²) in [4.78, 5) is 0.500. The van der Waals surface area contributed by atoms with E-state index < -0.39 is 0 Å². The van der Waals surface area contributed by atoms with Crippen LogP contribution in [-0.2, 0) is 13.0 Å². The van der Waals surface area contributed by atoms with Crippen LogP contribution >= 0.6 is 12.2 Å². The lowest BCUT2D eigenvalue weighted by atomic mass is 10.3. The molecule has 4 heteroatoms. The molecule has 1 rings (SSSR count). The molecule has 0 bridgehead atoms. The predicted octanol–water partition coefficient (Wildman–Crippen LogP) is 2.57. The van der Waals surface area contributed by atoms with Crippen molar-refractivity contribution in [2.24, 2.45) is 0 Å². The molecule has 0 aliphatic carbocycles. The van der Waals surface area contributed by atoms with Gasteiger partial charge in [-0.3, -0.25) is 4.57 Å². The van der Waals surface area contributed by atoms with Crippen LogP contribution in [0.5, 0.6) is 0 Å². The molecule has 0 radical (unpaired) electrons. The van der Waals surface area contributed by atoms with Crippen LogP contribution in [-0.4, -0.2) is 9.72 Å². The molecule has 3 nitrogen and oxygen atoms in total. The molecule has 0 saturated carbocycles. The second kappa shape index (κ2) is 4.40. The van der Waals surface area contributed by atoms with Crippen LogP contribution in [0.3, 0.4) is 0 Å². The average molecular weight is 186 g/mol. The first-order valence-corrected chi connectivity index (χ1v) is 4.75. The average Bonchev–Trinajstić information content (AvgIpc) is 2.43. The molecular weight excluding hydrogens is 172 g/mol. The number of aromatic nitrogens is 2. The summed E-state index contributed by atoms with van der Waals surface area (Å²) in [5, 5.41) is 3.87. The van der Waals surface area contributed by atoms with E-state index in [-0.39, 0.29) is 0 Å². The van der Waals surface area contributed by atoms with Crippen molar-refractivity contribution in [1.82, 2.24) is 9.72 Å². The minimum Gasteiger partial charge on any atom is -0.324 e. The van der Waals surface area contributed by atoms with E-state index in [0.717, 1.165) is 31.6 Å². The SMILES string of the molecule is CCCCn1c(CC)noc1=S. The topological polar surface area (TPSA) is 31.0 Å². The standard InChI is InChI=1S/C8H14N2OS/c1-3-5-6-10-7(4-2)9-11-8(10)12/h3-6H2,1-2H3. The fraction of sp³-hybridized carbons (Fsp3) is 0.750. The van der Waals surface area contributed by atoms with Gasteiger partial charge in [0.1, 0.15) is 0 Å². The van der Waals surface area contributed by atoms with Crippen molar-refractivity contribution in [3.63, 3.8) is 0 Å². The normalized spacial score (nSPS) is 10.5. The summed E-state index contributed by atoms with van der Waals surface area (Å²) in [6.45, 7) is 5.14. The minimum absolute atomic E-state index is 0.500. The fourth-order valence-electron chi connectivity index (χ4n) is 1.09. The Morgan fingerprint density at radius 1 is 1.50 bits per heavy atom. The lowest BCUT2D eigenvalue weighted by Crippen LogP contribution is -2.02. The summed E-state index contributed by atoms with van der Waals surface area (Å²) >= 11 is 4.99. The van der Waals surface area contributed by atoms with E-state index >= 15 is 0 Å². The van der Waals surface area contributed by atoms with Crippen molar-refractivity contribution in [2.45, 2.75) is 39.7 Å². The highest BCUT2D eigenvalue weighted by Gasteiger charge is 2.03. The first kappa shape index (κ1) is 9.45. The molecule has 0 saturated heterocycles. The molecule has 0 amide bonds. The van der Waals surface area contributed by atoms with E-state index in [1.807, 2.05) is 4.57 Å². The Morgan fingerprint density at radius 3 is 2.83 bits per heavy atom. The van der Waals surface area contributed by atoms with Crippen LogP contribution in [0, 0.1) is 4.84 Å². The molecule has 68 valence electrons. The summed E-state index contributed by atoms with van der Waals surface area (Å²) in [6.07, 6.45) is 3.17. The van der Waals surface area contributed by atoms with Gasteiger partial charge in [-0.2, -0.15) is 0 Å². The third-order valence-electron chi connectivity index (χ3n) is 1.81. The Morgan fingerprint density at radius 2 is 2.25 bits per heavy atom. The maximum atomic E-state index is 4.99. The Kier molecular flexibility index (Phi) is 3.47. The molecule has 0 fully saturated rings. The number of aryl methyl sites for hydroxylation is 1. The molecule has 1 aromatic heterocycles. The summed E-state index contributed by atoms with van der Waals surface area (Å²) in [5.41, 5.74) is 0. The fourth-order valence-corrected chi connectivity index (χ4v) is 1.32. The van der Waals surface area contributed by atoms with Crippen molar-refractivity contribution < 1.29 is 4.52 Å². The molecule has 0 spiro atoms. The Hall–Kier alpha value is -0.640. The largest absolute Gasteiger partial charge is 0.324 e. The summed E-state index contributed by atoms with van der Waals surface area (Å²) in [5.74, 6) is 0.952. The molecule has 0 unspecified atom stereocenters. The first-order chi connectivity index (χ1) is 5.79. The van der Waals surface area contributed by atoms with Gasteiger partial charge in [-0.05, 0) is 18.6 Å². The van der Waals surface area contributed by atoms with E-state index in [0.29, 0.717) is 4.84 Å². The molecule has 12 heavy (non-hydrogen) atoms. The summed E-state index contributed by atoms with van der Waals surface area (Å²) in [6, 6.07) is 0. The van der Waals surface area contributed by atoms with Gasteiger partial charge in [0.2, 0.25) is 0 Å². The quantitative estimate of drug-likeness (QED) is 0.677. The van der Waals surface area contributed by atoms with Crippen molar-refractivity contribution in [1.29, 1.82) is 0 Å². The Balaban J connectivity index is 2.79. The highest BCUT2D eigenvalue weighted by Crippen LogP contribution is 2.03. The van der Waals surface area contributed by atoms with E-state index in [9.17, 15) is 0 Å². The van der Waals surface area contributed by atoms with Gasteiger partial charge < -0.3 is 4.52 Å². The number of hydrogen-bond donors (Lipinski definition) is 0. The molecule has 1 heterocycles. The molecule has 0 aromatic carbocycles. The number of unbranched alkanes of at least 4 members (excludes halogenated alkanes) is 1. The minimum atomic E-state index is 0.500. The van der Waals surface area contributed by atoms with Crippen LogP contribution in [0.2, 0.25) is 0 Å². The predicted molar refractivity (Wildman–Crippen MR) is 49.6 cm³/mol. The molecule has 0 aliphatic rings. The van der Waals surface area contributed by atoms with E-state index in [2.05, 4.69) is 19.0 Å². The second-order valence-electron chi connectivity index (χ2n) is 2.72. The van der Waals surface area contributed by atoms with E-state index in [1.54, 1.807) is 0 Å². The highest BCUT2D eigenvalue weighted by atomic mass is 32.1. The van der Waals surface area contributed by atoms with Crippen molar-refractivity contribution in [3.8, 4) is 0 Å². The molecule has 1 aromatic rings. The zero-order valence-electron chi connectivity index (χ0n) is 7.54. The Labute approximate surface area is 77.4 Å². The number of hydrogen-bond acceptors (Lipinski definition) is 3. The van der Waals surface area contributed by atoms with Gasteiger partial charge in [-0.15, -0.1) is 0 Å². The third kappa shape index (κ3) is 1.94. The highest BCUT2D eigenvalue weighted by molar-refractivity contribution is 7.71. The molecule has 0 N–H and O–H groups in total. The summed E-state index contributed by atoms with van der Waals surface area (Å²) < 4.78 is 6.88. The van der Waals surface area contributed by atoms with E-state index in [4.69, 9.17) is 16.7 Å². The van der Waals surface area contributed by atoms with Crippen LogP contribution in [0.25, 0.3) is 0 Å². The van der Waals surface area contributed by atoms with Gasteiger partial charge in [-0.1, -0.05) is 25.4 Å². The van der Waals surface area contributed by atoms with Gasteiger partial charge in [0, 0.05) is 13.0 Å². The van der Waals surface area contributed by atoms with Crippen LogP contribution in [0.1, 0.15) is 32.5 Å². The molecular formula is C8H14N2OS. The smallest absolute Gasteiger partial charge is 0.297 e. The molecule has 0 atom stereocenters. The van der Waals surface area contributed by atoms with Gasteiger partial charge in [0.15, 0.2) is 5.82 Å².